The third kappa shape index (κ3) is 2.85. The van der Waals surface area contributed by atoms with Crippen LogP contribution in [0.2, 0.25) is 0 Å². The maximum absolute atomic E-state index is 12.6. The van der Waals surface area contributed by atoms with Crippen molar-refractivity contribution in [1.29, 1.82) is 0 Å². The van der Waals surface area contributed by atoms with Crippen molar-refractivity contribution < 1.29 is 4.79 Å². The molecule has 3 aromatic heterocycles. The summed E-state index contributed by atoms with van der Waals surface area (Å²) in [7, 11) is 0. The van der Waals surface area contributed by atoms with Crippen molar-refractivity contribution in [2.45, 2.75) is 6.92 Å². The van der Waals surface area contributed by atoms with Gasteiger partial charge in [0.25, 0.3) is 5.91 Å². The van der Waals surface area contributed by atoms with E-state index < -0.39 is 0 Å². The van der Waals surface area contributed by atoms with E-state index >= 15 is 0 Å². The van der Waals surface area contributed by atoms with Gasteiger partial charge in [0.05, 0.1) is 11.9 Å². The lowest BCUT2D eigenvalue weighted by Crippen LogP contribution is -2.12. The van der Waals surface area contributed by atoms with Gasteiger partial charge in [-0.1, -0.05) is 29.8 Å². The minimum Gasteiger partial charge on any atom is -0.322 e. The number of nitrogens with zero attached hydrogens (tertiary/aromatic N) is 4. The molecule has 0 saturated carbocycles. The van der Waals surface area contributed by atoms with Gasteiger partial charge in [0.15, 0.2) is 5.65 Å². The molecule has 1 amide bonds. The molecule has 0 atom stereocenters. The highest BCUT2D eigenvalue weighted by atomic mass is 16.1. The second-order valence-corrected chi connectivity index (χ2v) is 5.68. The number of pyridine rings is 1. The molecule has 122 valence electrons. The summed E-state index contributed by atoms with van der Waals surface area (Å²) in [5, 5.41) is 7.19. The summed E-state index contributed by atoms with van der Waals surface area (Å²) in [4.78, 5) is 20.8. The van der Waals surface area contributed by atoms with Gasteiger partial charge >= 0.3 is 0 Å². The molecule has 0 unspecified atom stereocenters. The largest absolute Gasteiger partial charge is 0.322 e. The van der Waals surface area contributed by atoms with Crippen LogP contribution in [0.3, 0.4) is 0 Å². The van der Waals surface area contributed by atoms with Gasteiger partial charge in [0.1, 0.15) is 5.56 Å². The summed E-state index contributed by atoms with van der Waals surface area (Å²) < 4.78 is 1.69. The van der Waals surface area contributed by atoms with Crippen LogP contribution in [-0.4, -0.2) is 25.5 Å². The summed E-state index contributed by atoms with van der Waals surface area (Å²) in [6.45, 7) is 2.04. The van der Waals surface area contributed by atoms with Crippen LogP contribution < -0.4 is 5.32 Å². The summed E-state index contributed by atoms with van der Waals surface area (Å²) in [5.41, 5.74) is 4.70. The maximum atomic E-state index is 12.6. The van der Waals surface area contributed by atoms with E-state index in [1.807, 2.05) is 37.3 Å². The fraction of sp³-hybridized carbons (Fsp3) is 0.0526. The number of anilines is 1. The number of hydrogen-bond donors (Lipinski definition) is 1. The number of rotatable bonds is 3. The number of carbonyl (C=O) groups excluding carboxylic acids is 1. The number of aromatic nitrogens is 4. The Kier molecular flexibility index (Phi) is 3.70. The van der Waals surface area contributed by atoms with E-state index in [2.05, 4.69) is 20.4 Å². The number of aryl methyl sites for hydroxylation is 1. The zero-order chi connectivity index (χ0) is 17.2. The lowest BCUT2D eigenvalue weighted by molar-refractivity contribution is 0.102. The molecule has 25 heavy (non-hydrogen) atoms. The minimum atomic E-state index is -0.255. The zero-order valence-corrected chi connectivity index (χ0v) is 13.5. The average Bonchev–Trinajstić information content (AvgIpc) is 3.07. The van der Waals surface area contributed by atoms with Gasteiger partial charge in [-0.3, -0.25) is 9.78 Å². The quantitative estimate of drug-likeness (QED) is 0.625. The third-order valence-corrected chi connectivity index (χ3v) is 3.93. The Hall–Kier alpha value is -3.54. The molecule has 0 saturated heterocycles. The first kappa shape index (κ1) is 15.0. The molecule has 0 aliphatic rings. The number of carbonyl (C=O) groups is 1. The predicted octanol–water partition coefficient (Wildman–Crippen LogP) is 3.35. The van der Waals surface area contributed by atoms with Crippen molar-refractivity contribution in [3.8, 4) is 11.3 Å². The SMILES string of the molecule is Cc1ccc(-c2ccnc3c(C(=O)Nc4ccncc4)cnn23)cc1. The number of fused-ring (bicyclic) bond motifs is 1. The Morgan fingerprint density at radius 1 is 1.00 bits per heavy atom. The third-order valence-electron chi connectivity index (χ3n) is 3.93. The molecule has 6 nitrogen and oxygen atoms in total. The molecule has 4 aromatic rings. The van der Waals surface area contributed by atoms with E-state index in [1.54, 1.807) is 35.2 Å². The molecular weight excluding hydrogens is 314 g/mol. The van der Waals surface area contributed by atoms with Gasteiger partial charge < -0.3 is 5.32 Å². The molecule has 0 aliphatic carbocycles. The van der Waals surface area contributed by atoms with Crippen molar-refractivity contribution >= 4 is 17.2 Å². The van der Waals surface area contributed by atoms with Crippen LogP contribution in [0.1, 0.15) is 15.9 Å². The molecule has 6 heteroatoms. The molecule has 1 aromatic carbocycles. The number of amides is 1. The van der Waals surface area contributed by atoms with E-state index in [4.69, 9.17) is 0 Å². The Balaban J connectivity index is 1.74. The second kappa shape index (κ2) is 6.16. The second-order valence-electron chi connectivity index (χ2n) is 5.68. The standard InChI is InChI=1S/C19H15N5O/c1-13-2-4-14(5-3-13)17-8-11-21-18-16(12-22-24(17)18)19(25)23-15-6-9-20-10-7-15/h2-12H,1H3,(H,20,23,25). The Bertz CT molecular complexity index is 1040. The molecule has 3 heterocycles. The topological polar surface area (TPSA) is 72.2 Å². The van der Waals surface area contributed by atoms with Crippen molar-refractivity contribution in [1.82, 2.24) is 19.6 Å². The van der Waals surface area contributed by atoms with Crippen LogP contribution >= 0.6 is 0 Å². The molecule has 1 N–H and O–H groups in total. The smallest absolute Gasteiger partial charge is 0.261 e. The van der Waals surface area contributed by atoms with Crippen LogP contribution in [0, 0.1) is 6.92 Å². The van der Waals surface area contributed by atoms with E-state index in [-0.39, 0.29) is 5.91 Å². The monoisotopic (exact) mass is 329 g/mol. The lowest BCUT2D eigenvalue weighted by atomic mass is 10.1. The Morgan fingerprint density at radius 3 is 2.52 bits per heavy atom. The van der Waals surface area contributed by atoms with Crippen LogP contribution in [0.4, 0.5) is 5.69 Å². The van der Waals surface area contributed by atoms with Gasteiger partial charge in [-0.05, 0) is 25.1 Å². The van der Waals surface area contributed by atoms with Gasteiger partial charge in [0.2, 0.25) is 0 Å². The molecule has 0 aliphatic heterocycles. The first-order valence-corrected chi connectivity index (χ1v) is 7.83. The van der Waals surface area contributed by atoms with Crippen molar-refractivity contribution in [3.63, 3.8) is 0 Å². The summed E-state index contributed by atoms with van der Waals surface area (Å²) in [5.74, 6) is -0.255. The van der Waals surface area contributed by atoms with Crippen LogP contribution in [0.5, 0.6) is 0 Å². The first-order chi connectivity index (χ1) is 12.2. The van der Waals surface area contributed by atoms with E-state index in [9.17, 15) is 4.79 Å². The summed E-state index contributed by atoms with van der Waals surface area (Å²) in [6, 6.07) is 13.5. The fourth-order valence-electron chi connectivity index (χ4n) is 2.63. The van der Waals surface area contributed by atoms with Crippen LogP contribution in [-0.2, 0) is 0 Å². The van der Waals surface area contributed by atoms with Gasteiger partial charge in [-0.15, -0.1) is 0 Å². The van der Waals surface area contributed by atoms with Gasteiger partial charge in [0, 0.05) is 29.8 Å². The molecule has 0 bridgehead atoms. The van der Waals surface area contributed by atoms with Gasteiger partial charge in [-0.2, -0.15) is 5.10 Å². The van der Waals surface area contributed by atoms with Crippen molar-refractivity contribution in [2.24, 2.45) is 0 Å². The van der Waals surface area contributed by atoms with E-state index in [1.165, 1.54) is 11.8 Å². The zero-order valence-electron chi connectivity index (χ0n) is 13.5. The first-order valence-electron chi connectivity index (χ1n) is 7.83. The number of hydrogen-bond acceptors (Lipinski definition) is 4. The molecular formula is C19H15N5O. The fourth-order valence-corrected chi connectivity index (χ4v) is 2.63. The highest BCUT2D eigenvalue weighted by Gasteiger charge is 2.16. The molecule has 0 fully saturated rings. The van der Waals surface area contributed by atoms with E-state index in [0.717, 1.165) is 11.3 Å². The number of benzene rings is 1. The van der Waals surface area contributed by atoms with E-state index in [0.29, 0.717) is 16.9 Å². The maximum Gasteiger partial charge on any atom is 0.261 e. The van der Waals surface area contributed by atoms with Crippen molar-refractivity contribution in [3.05, 3.63) is 78.4 Å². The van der Waals surface area contributed by atoms with Crippen LogP contribution in [0.25, 0.3) is 16.9 Å². The highest BCUT2D eigenvalue weighted by Crippen LogP contribution is 2.22. The normalized spacial score (nSPS) is 10.8. The molecule has 4 rings (SSSR count). The van der Waals surface area contributed by atoms with Crippen molar-refractivity contribution in [2.75, 3.05) is 5.32 Å². The molecule has 0 radical (unpaired) electrons. The Morgan fingerprint density at radius 2 is 1.76 bits per heavy atom. The lowest BCUT2D eigenvalue weighted by Gasteiger charge is -2.06. The molecule has 0 spiro atoms. The summed E-state index contributed by atoms with van der Waals surface area (Å²) in [6.07, 6.45) is 6.48. The van der Waals surface area contributed by atoms with Crippen LogP contribution in [0.15, 0.2) is 67.3 Å². The number of nitrogens with one attached hydrogen (secondary N) is 1. The summed E-state index contributed by atoms with van der Waals surface area (Å²) >= 11 is 0. The minimum absolute atomic E-state index is 0.255. The predicted molar refractivity (Wildman–Crippen MR) is 95.4 cm³/mol. The Labute approximate surface area is 144 Å². The van der Waals surface area contributed by atoms with Gasteiger partial charge in [-0.25, -0.2) is 9.50 Å². The highest BCUT2D eigenvalue weighted by molar-refractivity contribution is 6.08. The average molecular weight is 329 g/mol.